The second-order valence-electron chi connectivity index (χ2n) is 14.7. The molecule has 0 aliphatic heterocycles. The van der Waals surface area contributed by atoms with Crippen LogP contribution in [-0.2, 0) is 9.53 Å². The highest BCUT2D eigenvalue weighted by molar-refractivity contribution is 5.78. The molecule has 5 aliphatic rings. The SMILES string of the molecule is COC(=O)[C@]12CC[C@]3(C)[C@H]4CC[C@H]5C(C)(C)CCC[C@]5(C)C4=CC[C@@]3(C)[C@@H]1CC[C@@H]2C(C)C. The molecule has 5 rings (SSSR count). The summed E-state index contributed by atoms with van der Waals surface area (Å²) in [6.45, 7) is 17.6. The van der Waals surface area contributed by atoms with Crippen LogP contribution in [0.2, 0.25) is 0 Å². The van der Waals surface area contributed by atoms with Gasteiger partial charge in [0.15, 0.2) is 0 Å². The van der Waals surface area contributed by atoms with Gasteiger partial charge < -0.3 is 4.74 Å². The van der Waals surface area contributed by atoms with Crippen molar-refractivity contribution in [3.05, 3.63) is 11.6 Å². The number of allylic oxidation sites excluding steroid dienone is 2. The highest BCUT2D eigenvalue weighted by Gasteiger charge is 2.71. The lowest BCUT2D eigenvalue weighted by Gasteiger charge is -2.68. The fourth-order valence-electron chi connectivity index (χ4n) is 11.4. The zero-order chi connectivity index (χ0) is 24.0. The number of fused-ring (bicyclic) bond motifs is 7. The van der Waals surface area contributed by atoms with Crippen LogP contribution in [0.5, 0.6) is 0 Å². The zero-order valence-corrected chi connectivity index (χ0v) is 22.9. The fraction of sp³-hybridized carbons (Fsp3) is 0.903. The molecule has 0 aromatic heterocycles. The summed E-state index contributed by atoms with van der Waals surface area (Å²) < 4.78 is 5.59. The first kappa shape index (κ1) is 23.9. The molecule has 0 aromatic carbocycles. The Balaban J connectivity index is 1.59. The first-order valence-electron chi connectivity index (χ1n) is 14.2. The maximum Gasteiger partial charge on any atom is 0.312 e. The van der Waals surface area contributed by atoms with Crippen molar-refractivity contribution < 1.29 is 9.53 Å². The number of methoxy groups -OCH3 is 1. The smallest absolute Gasteiger partial charge is 0.312 e. The summed E-state index contributed by atoms with van der Waals surface area (Å²) in [5, 5.41) is 0. The molecule has 0 heterocycles. The summed E-state index contributed by atoms with van der Waals surface area (Å²) in [6.07, 6.45) is 15.4. The zero-order valence-electron chi connectivity index (χ0n) is 22.9. The Morgan fingerprint density at radius 1 is 0.909 bits per heavy atom. The molecule has 0 bridgehead atoms. The summed E-state index contributed by atoms with van der Waals surface area (Å²) in [7, 11) is 1.63. The molecule has 5 aliphatic carbocycles. The number of carbonyl (C=O) groups is 1. The van der Waals surface area contributed by atoms with Gasteiger partial charge in [-0.1, -0.05) is 66.5 Å². The van der Waals surface area contributed by atoms with Gasteiger partial charge in [0.2, 0.25) is 0 Å². The van der Waals surface area contributed by atoms with E-state index < -0.39 is 0 Å². The molecule has 0 spiro atoms. The molecule has 0 radical (unpaired) electrons. The van der Waals surface area contributed by atoms with E-state index in [1.165, 1.54) is 51.4 Å². The third kappa shape index (κ3) is 2.82. The Labute approximate surface area is 203 Å². The van der Waals surface area contributed by atoms with Crippen LogP contribution in [-0.4, -0.2) is 13.1 Å². The topological polar surface area (TPSA) is 26.3 Å². The monoisotopic (exact) mass is 454 g/mol. The molecular formula is C31H50O2. The summed E-state index contributed by atoms with van der Waals surface area (Å²) >= 11 is 0. The minimum Gasteiger partial charge on any atom is -0.469 e. The van der Waals surface area contributed by atoms with Crippen LogP contribution in [0.4, 0.5) is 0 Å². The predicted molar refractivity (Wildman–Crippen MR) is 136 cm³/mol. The lowest BCUT2D eigenvalue weighted by molar-refractivity contribution is -0.192. The largest absolute Gasteiger partial charge is 0.469 e. The Bertz CT molecular complexity index is 853. The predicted octanol–water partition coefficient (Wildman–Crippen LogP) is 8.21. The number of hydrogen-bond donors (Lipinski definition) is 0. The third-order valence-electron chi connectivity index (χ3n) is 13.1. The van der Waals surface area contributed by atoms with E-state index in [9.17, 15) is 4.79 Å². The van der Waals surface area contributed by atoms with Crippen molar-refractivity contribution in [3.63, 3.8) is 0 Å². The van der Waals surface area contributed by atoms with Gasteiger partial charge in [-0.05, 0) is 109 Å². The molecule has 186 valence electrons. The van der Waals surface area contributed by atoms with Crippen LogP contribution < -0.4 is 0 Å². The van der Waals surface area contributed by atoms with Gasteiger partial charge in [-0.25, -0.2) is 0 Å². The highest BCUT2D eigenvalue weighted by atomic mass is 16.5. The number of rotatable bonds is 2. The van der Waals surface area contributed by atoms with E-state index in [1.54, 1.807) is 7.11 Å². The maximum absolute atomic E-state index is 13.6. The van der Waals surface area contributed by atoms with E-state index in [0.29, 0.717) is 39.9 Å². The van der Waals surface area contributed by atoms with Gasteiger partial charge in [0.1, 0.15) is 0 Å². The second-order valence-corrected chi connectivity index (χ2v) is 14.7. The quantitative estimate of drug-likeness (QED) is 0.310. The molecule has 4 fully saturated rings. The highest BCUT2D eigenvalue weighted by Crippen LogP contribution is 2.76. The first-order chi connectivity index (χ1) is 15.4. The maximum atomic E-state index is 13.6. The van der Waals surface area contributed by atoms with E-state index in [-0.39, 0.29) is 16.8 Å². The molecule has 0 N–H and O–H groups in total. The fourth-order valence-corrected chi connectivity index (χ4v) is 11.4. The van der Waals surface area contributed by atoms with E-state index in [0.717, 1.165) is 18.8 Å². The van der Waals surface area contributed by atoms with Crippen LogP contribution in [0.1, 0.15) is 113 Å². The minimum atomic E-state index is -0.267. The molecule has 8 atom stereocenters. The Hall–Kier alpha value is -0.790. The van der Waals surface area contributed by atoms with Crippen LogP contribution in [0.3, 0.4) is 0 Å². The van der Waals surface area contributed by atoms with E-state index >= 15 is 0 Å². The van der Waals surface area contributed by atoms with Gasteiger partial charge >= 0.3 is 5.97 Å². The normalized spacial score (nSPS) is 50.5. The van der Waals surface area contributed by atoms with Crippen LogP contribution in [0.15, 0.2) is 11.6 Å². The van der Waals surface area contributed by atoms with Crippen molar-refractivity contribution in [2.75, 3.05) is 7.11 Å². The summed E-state index contributed by atoms with van der Waals surface area (Å²) in [5.74, 6) is 3.08. The average molecular weight is 455 g/mol. The van der Waals surface area contributed by atoms with E-state index in [1.807, 2.05) is 5.57 Å². The lowest BCUT2D eigenvalue weighted by atomic mass is 9.35. The van der Waals surface area contributed by atoms with E-state index in [4.69, 9.17) is 4.74 Å². The second kappa shape index (κ2) is 7.36. The Kier molecular flexibility index (Phi) is 5.34. The average Bonchev–Trinajstić information content (AvgIpc) is 3.15. The van der Waals surface area contributed by atoms with Crippen molar-refractivity contribution >= 4 is 5.97 Å². The molecule has 0 saturated heterocycles. The summed E-state index contributed by atoms with van der Waals surface area (Å²) in [6, 6.07) is 0. The van der Waals surface area contributed by atoms with E-state index in [2.05, 4.69) is 54.5 Å². The minimum absolute atomic E-state index is 0.103. The molecule has 2 nitrogen and oxygen atoms in total. The van der Waals surface area contributed by atoms with Crippen LogP contribution in [0, 0.1) is 56.7 Å². The van der Waals surface area contributed by atoms with Gasteiger partial charge in [-0.3, -0.25) is 4.79 Å². The van der Waals surface area contributed by atoms with Gasteiger partial charge in [-0.2, -0.15) is 0 Å². The first-order valence-corrected chi connectivity index (χ1v) is 14.2. The van der Waals surface area contributed by atoms with Crippen molar-refractivity contribution in [3.8, 4) is 0 Å². The Morgan fingerprint density at radius 2 is 1.61 bits per heavy atom. The number of ether oxygens (including phenoxy) is 1. The Morgan fingerprint density at radius 3 is 2.27 bits per heavy atom. The number of esters is 1. The van der Waals surface area contributed by atoms with Crippen LogP contribution >= 0.6 is 0 Å². The van der Waals surface area contributed by atoms with Crippen molar-refractivity contribution in [1.29, 1.82) is 0 Å². The molecule has 2 heteroatoms. The van der Waals surface area contributed by atoms with Gasteiger partial charge in [0, 0.05) is 0 Å². The lowest BCUT2D eigenvalue weighted by Crippen LogP contribution is -2.63. The van der Waals surface area contributed by atoms with Crippen molar-refractivity contribution in [2.45, 2.75) is 113 Å². The van der Waals surface area contributed by atoms with Crippen molar-refractivity contribution in [1.82, 2.24) is 0 Å². The van der Waals surface area contributed by atoms with Gasteiger partial charge in [0.05, 0.1) is 12.5 Å². The number of carbonyl (C=O) groups excluding carboxylic acids is 1. The molecular weight excluding hydrogens is 404 g/mol. The number of hydrogen-bond acceptors (Lipinski definition) is 2. The summed E-state index contributed by atoms with van der Waals surface area (Å²) in [5.41, 5.74) is 2.88. The molecule has 0 unspecified atom stereocenters. The molecule has 0 aromatic rings. The molecule has 33 heavy (non-hydrogen) atoms. The van der Waals surface area contributed by atoms with Gasteiger partial charge in [0.25, 0.3) is 0 Å². The van der Waals surface area contributed by atoms with Crippen LogP contribution in [0.25, 0.3) is 0 Å². The third-order valence-corrected chi connectivity index (χ3v) is 13.1. The molecule has 0 amide bonds. The standard InChI is InChI=1S/C31H50O2/c1-20(2)21-10-13-25-30(7)17-14-22-23(29(30,6)18-19-31(21,25)26(32)33-8)11-12-24-27(3,4)15-9-16-28(22,24)5/h14,20-21,23-25H,9-13,15-19H2,1-8H3/t21-,23+,24+,25+,28-,29-,30+,31+/m1/s1. The van der Waals surface area contributed by atoms with Gasteiger partial charge in [-0.15, -0.1) is 0 Å². The molecule has 4 saturated carbocycles. The summed E-state index contributed by atoms with van der Waals surface area (Å²) in [4.78, 5) is 13.6. The van der Waals surface area contributed by atoms with Crippen molar-refractivity contribution in [2.24, 2.45) is 56.7 Å².